The van der Waals surface area contributed by atoms with Gasteiger partial charge in [0.15, 0.2) is 0 Å². The van der Waals surface area contributed by atoms with Crippen molar-refractivity contribution in [3.63, 3.8) is 0 Å². The highest BCUT2D eigenvalue weighted by molar-refractivity contribution is 7.89. The Balaban J connectivity index is 2.63. The third-order valence-corrected chi connectivity index (χ3v) is 5.57. The molecule has 1 atom stereocenters. The molecule has 1 unspecified atom stereocenters. The molecule has 102 valence electrons. The molecule has 1 aliphatic rings. The molecule has 1 saturated heterocycles. The molecule has 0 radical (unpaired) electrons. The Morgan fingerprint density at radius 2 is 1.82 bits per heavy atom. The first-order valence-electron chi connectivity index (χ1n) is 6.72. The maximum absolute atomic E-state index is 12.1. The fraction of sp³-hybridized carbons (Fsp3) is 1.00. The lowest BCUT2D eigenvalue weighted by Crippen LogP contribution is -2.49. The molecule has 0 aromatic rings. The van der Waals surface area contributed by atoms with Gasteiger partial charge in [-0.25, -0.2) is 13.1 Å². The molecular formula is C12H26N2O2S. The van der Waals surface area contributed by atoms with Gasteiger partial charge in [0, 0.05) is 11.6 Å². The Hall–Kier alpha value is -0.130. The van der Waals surface area contributed by atoms with Gasteiger partial charge in [-0.3, -0.25) is 0 Å². The van der Waals surface area contributed by atoms with Gasteiger partial charge < -0.3 is 5.32 Å². The molecule has 1 fully saturated rings. The number of nitrogens with one attached hydrogen (secondary N) is 2. The van der Waals surface area contributed by atoms with E-state index < -0.39 is 10.0 Å². The summed E-state index contributed by atoms with van der Waals surface area (Å²) in [5.74, 6) is 0.217. The highest BCUT2D eigenvalue weighted by Gasteiger charge is 2.31. The number of hydrogen-bond acceptors (Lipinski definition) is 3. The maximum atomic E-state index is 12.1. The van der Waals surface area contributed by atoms with Gasteiger partial charge in [-0.05, 0) is 38.6 Å². The molecule has 4 nitrogen and oxygen atoms in total. The summed E-state index contributed by atoms with van der Waals surface area (Å²) in [4.78, 5) is 0. The van der Waals surface area contributed by atoms with E-state index in [9.17, 15) is 8.42 Å². The van der Waals surface area contributed by atoms with Crippen LogP contribution in [0.25, 0.3) is 0 Å². The van der Waals surface area contributed by atoms with Crippen LogP contribution in [-0.4, -0.2) is 32.3 Å². The normalized spacial score (nSPS) is 21.9. The molecule has 2 N–H and O–H groups in total. The van der Waals surface area contributed by atoms with E-state index in [0.29, 0.717) is 0 Å². The van der Waals surface area contributed by atoms with Gasteiger partial charge in [0.25, 0.3) is 0 Å². The second-order valence-electron chi connectivity index (χ2n) is 5.02. The number of hydrogen-bond donors (Lipinski definition) is 2. The van der Waals surface area contributed by atoms with E-state index in [1.807, 2.05) is 20.8 Å². The van der Waals surface area contributed by atoms with Crippen LogP contribution in [0.1, 0.15) is 52.9 Å². The molecule has 1 aliphatic heterocycles. The van der Waals surface area contributed by atoms with Crippen molar-refractivity contribution in [1.82, 2.24) is 10.0 Å². The lowest BCUT2D eigenvalue weighted by Gasteiger charge is -2.31. The Morgan fingerprint density at radius 1 is 1.24 bits per heavy atom. The van der Waals surface area contributed by atoms with Crippen LogP contribution in [0.3, 0.4) is 0 Å². The van der Waals surface area contributed by atoms with Crippen molar-refractivity contribution in [3.8, 4) is 0 Å². The Morgan fingerprint density at radius 3 is 2.24 bits per heavy atom. The molecule has 17 heavy (non-hydrogen) atoms. The predicted molar refractivity (Wildman–Crippen MR) is 71.6 cm³/mol. The predicted octanol–water partition coefficient (Wildman–Crippen LogP) is 1.63. The average Bonchev–Trinajstić information content (AvgIpc) is 2.78. The van der Waals surface area contributed by atoms with E-state index in [1.165, 1.54) is 0 Å². The maximum Gasteiger partial charge on any atom is 0.213 e. The van der Waals surface area contributed by atoms with Crippen LogP contribution >= 0.6 is 0 Å². The highest BCUT2D eigenvalue weighted by atomic mass is 32.2. The van der Waals surface area contributed by atoms with Crippen LogP contribution in [0.15, 0.2) is 0 Å². The topological polar surface area (TPSA) is 58.2 Å². The first-order valence-corrected chi connectivity index (χ1v) is 8.37. The molecule has 1 rings (SSSR count). The van der Waals surface area contributed by atoms with Crippen molar-refractivity contribution in [2.24, 2.45) is 0 Å². The van der Waals surface area contributed by atoms with Gasteiger partial charge in [-0.15, -0.1) is 0 Å². The van der Waals surface area contributed by atoms with Crippen LogP contribution in [0, 0.1) is 0 Å². The van der Waals surface area contributed by atoms with Crippen LogP contribution in [-0.2, 0) is 10.0 Å². The van der Waals surface area contributed by atoms with Gasteiger partial charge in [-0.1, -0.05) is 20.8 Å². The van der Waals surface area contributed by atoms with Crippen LogP contribution in [0.2, 0.25) is 0 Å². The first-order chi connectivity index (χ1) is 7.97. The van der Waals surface area contributed by atoms with E-state index in [0.717, 1.165) is 38.6 Å². The van der Waals surface area contributed by atoms with Crippen molar-refractivity contribution >= 4 is 10.0 Å². The number of rotatable bonds is 7. The smallest absolute Gasteiger partial charge is 0.213 e. The third kappa shape index (κ3) is 4.23. The van der Waals surface area contributed by atoms with Gasteiger partial charge >= 0.3 is 0 Å². The van der Waals surface area contributed by atoms with Crippen LogP contribution < -0.4 is 10.0 Å². The van der Waals surface area contributed by atoms with Crippen molar-refractivity contribution in [2.45, 2.75) is 64.5 Å². The summed E-state index contributed by atoms with van der Waals surface area (Å²) in [6, 6.07) is 0.135. The minimum Gasteiger partial charge on any atom is -0.313 e. The molecule has 0 bridgehead atoms. The van der Waals surface area contributed by atoms with Crippen LogP contribution in [0.5, 0.6) is 0 Å². The lowest BCUT2D eigenvalue weighted by molar-refractivity contribution is 0.341. The fourth-order valence-electron chi connectivity index (χ4n) is 2.50. The Kier molecular flexibility index (Phi) is 5.41. The quantitative estimate of drug-likeness (QED) is 0.733. The van der Waals surface area contributed by atoms with Gasteiger partial charge in [-0.2, -0.15) is 0 Å². The average molecular weight is 262 g/mol. The molecule has 0 amide bonds. The summed E-state index contributed by atoms with van der Waals surface area (Å²) in [5.41, 5.74) is -0.253. The molecule has 0 aromatic carbocycles. The van der Waals surface area contributed by atoms with Crippen molar-refractivity contribution in [3.05, 3.63) is 0 Å². The second kappa shape index (κ2) is 6.16. The molecule has 0 saturated carbocycles. The van der Waals surface area contributed by atoms with Crippen molar-refractivity contribution < 1.29 is 8.42 Å². The zero-order chi connectivity index (χ0) is 12.9. The monoisotopic (exact) mass is 262 g/mol. The van der Waals surface area contributed by atoms with E-state index in [4.69, 9.17) is 0 Å². The number of sulfonamides is 1. The molecule has 0 spiro atoms. The summed E-state index contributed by atoms with van der Waals surface area (Å²) >= 11 is 0. The standard InChI is InChI=1S/C12H26N2O2S/c1-4-12(5-2,6-3)14-17(15,16)10-11-8-7-9-13-11/h11,13-14H,4-10H2,1-3H3. The molecule has 1 heterocycles. The van der Waals surface area contributed by atoms with Crippen LogP contribution in [0.4, 0.5) is 0 Å². The largest absolute Gasteiger partial charge is 0.313 e. The Labute approximate surface area is 106 Å². The fourth-order valence-corrected chi connectivity index (χ4v) is 4.49. The molecular weight excluding hydrogens is 236 g/mol. The zero-order valence-corrected chi connectivity index (χ0v) is 12.1. The molecule has 5 heteroatoms. The molecule has 0 aliphatic carbocycles. The van der Waals surface area contributed by atoms with Gasteiger partial charge in [0.05, 0.1) is 5.75 Å². The summed E-state index contributed by atoms with van der Waals surface area (Å²) in [7, 11) is -3.17. The summed E-state index contributed by atoms with van der Waals surface area (Å²) in [5, 5.41) is 3.23. The van der Waals surface area contributed by atoms with Crippen molar-refractivity contribution in [1.29, 1.82) is 0 Å². The first kappa shape index (κ1) is 14.9. The summed E-state index contributed by atoms with van der Waals surface area (Å²) in [6.45, 7) is 7.08. The van der Waals surface area contributed by atoms with Crippen molar-refractivity contribution in [2.75, 3.05) is 12.3 Å². The van der Waals surface area contributed by atoms with E-state index in [2.05, 4.69) is 10.0 Å². The third-order valence-electron chi connectivity index (χ3n) is 3.99. The summed E-state index contributed by atoms with van der Waals surface area (Å²) < 4.78 is 27.2. The minimum absolute atomic E-state index is 0.135. The van der Waals surface area contributed by atoms with E-state index in [-0.39, 0.29) is 17.3 Å². The second-order valence-corrected chi connectivity index (χ2v) is 6.78. The lowest BCUT2D eigenvalue weighted by atomic mass is 9.91. The molecule has 0 aromatic heterocycles. The highest BCUT2D eigenvalue weighted by Crippen LogP contribution is 2.21. The van der Waals surface area contributed by atoms with E-state index in [1.54, 1.807) is 0 Å². The van der Waals surface area contributed by atoms with E-state index >= 15 is 0 Å². The minimum atomic E-state index is -3.17. The van der Waals surface area contributed by atoms with Gasteiger partial charge in [0.2, 0.25) is 10.0 Å². The Bertz CT molecular complexity index is 309. The van der Waals surface area contributed by atoms with Gasteiger partial charge in [0.1, 0.15) is 0 Å². The SMILES string of the molecule is CCC(CC)(CC)NS(=O)(=O)CC1CCCN1. The zero-order valence-electron chi connectivity index (χ0n) is 11.3. The summed E-state index contributed by atoms with van der Waals surface area (Å²) in [6.07, 6.45) is 4.59.